The summed E-state index contributed by atoms with van der Waals surface area (Å²) in [5.41, 5.74) is 4.46. The molecule has 1 saturated heterocycles. The van der Waals surface area contributed by atoms with Gasteiger partial charge in [0.25, 0.3) is 0 Å². The quantitative estimate of drug-likeness (QED) is 0.400. The molecule has 0 aliphatic carbocycles. The van der Waals surface area contributed by atoms with Crippen LogP contribution in [0, 0.1) is 6.92 Å². The Balaban J connectivity index is 1.51. The molecule has 186 valence electrons. The second-order valence-corrected chi connectivity index (χ2v) is 10.2. The molecule has 5 nitrogen and oxygen atoms in total. The van der Waals surface area contributed by atoms with Crippen molar-refractivity contribution in [3.05, 3.63) is 64.7 Å². The molecule has 0 spiro atoms. The van der Waals surface area contributed by atoms with Gasteiger partial charge in [-0.2, -0.15) is 0 Å². The number of ether oxygens (including phenoxy) is 3. The van der Waals surface area contributed by atoms with E-state index in [-0.39, 0.29) is 12.1 Å². The van der Waals surface area contributed by atoms with Crippen LogP contribution in [0.3, 0.4) is 0 Å². The third kappa shape index (κ3) is 8.44. The summed E-state index contributed by atoms with van der Waals surface area (Å²) >= 11 is 0. The Bertz CT molecular complexity index is 917. The van der Waals surface area contributed by atoms with Crippen molar-refractivity contribution in [2.45, 2.75) is 78.6 Å². The average molecular weight is 468 g/mol. The summed E-state index contributed by atoms with van der Waals surface area (Å²) in [6, 6.07) is 15.0. The number of hydrogen-bond acceptors (Lipinski definition) is 5. The third-order valence-electron chi connectivity index (χ3n) is 6.04. The van der Waals surface area contributed by atoms with Gasteiger partial charge in [0, 0.05) is 19.6 Å². The van der Waals surface area contributed by atoms with E-state index in [0.717, 1.165) is 30.8 Å². The van der Waals surface area contributed by atoms with E-state index in [1.54, 1.807) is 0 Å². The van der Waals surface area contributed by atoms with E-state index in [9.17, 15) is 4.79 Å². The molecular weight excluding hydrogens is 426 g/mol. The van der Waals surface area contributed by atoms with E-state index < -0.39 is 5.60 Å². The molecule has 5 heteroatoms. The predicted octanol–water partition coefficient (Wildman–Crippen LogP) is 6.02. The Morgan fingerprint density at radius 2 is 1.85 bits per heavy atom. The maximum absolute atomic E-state index is 12.1. The molecule has 1 atom stereocenters. The number of carbonyl (C=O) groups excluding carboxylic acids is 1. The van der Waals surface area contributed by atoms with E-state index in [2.05, 4.69) is 55.1 Å². The number of carbonyl (C=O) groups is 1. The number of benzene rings is 2. The fourth-order valence-electron chi connectivity index (χ4n) is 4.18. The summed E-state index contributed by atoms with van der Waals surface area (Å²) in [5.74, 6) is 0.720. The van der Waals surface area contributed by atoms with Gasteiger partial charge in [-0.15, -0.1) is 0 Å². The highest BCUT2D eigenvalue weighted by atomic mass is 16.6. The summed E-state index contributed by atoms with van der Waals surface area (Å²) in [7, 11) is 0. The van der Waals surface area contributed by atoms with Gasteiger partial charge in [0.2, 0.25) is 0 Å². The minimum Gasteiger partial charge on any atom is -0.489 e. The molecule has 1 aliphatic heterocycles. The first-order valence-electron chi connectivity index (χ1n) is 12.6. The fraction of sp³-hybridized carbons (Fsp3) is 0.552. The highest BCUT2D eigenvalue weighted by Gasteiger charge is 2.24. The van der Waals surface area contributed by atoms with Gasteiger partial charge in [-0.05, 0) is 74.9 Å². The van der Waals surface area contributed by atoms with Crippen LogP contribution in [-0.4, -0.2) is 42.7 Å². The Kier molecular flexibility index (Phi) is 9.54. The Labute approximate surface area is 205 Å². The number of esters is 1. The summed E-state index contributed by atoms with van der Waals surface area (Å²) < 4.78 is 17.6. The lowest BCUT2D eigenvalue weighted by molar-refractivity contribution is -0.155. The van der Waals surface area contributed by atoms with Crippen LogP contribution in [0.5, 0.6) is 5.75 Å². The number of hydrogen-bond donors (Lipinski definition) is 0. The molecule has 0 aromatic heterocycles. The van der Waals surface area contributed by atoms with E-state index in [1.807, 2.05) is 26.8 Å². The van der Waals surface area contributed by atoms with Gasteiger partial charge in [0.1, 0.15) is 18.0 Å². The first kappa shape index (κ1) is 26.2. The summed E-state index contributed by atoms with van der Waals surface area (Å²) in [5, 5.41) is 0. The molecule has 1 fully saturated rings. The highest BCUT2D eigenvalue weighted by Crippen LogP contribution is 2.28. The third-order valence-corrected chi connectivity index (χ3v) is 6.04. The maximum Gasteiger partial charge on any atom is 0.307 e. The molecule has 3 rings (SSSR count). The number of aryl methyl sites for hydroxylation is 2. The van der Waals surface area contributed by atoms with E-state index in [4.69, 9.17) is 14.2 Å². The van der Waals surface area contributed by atoms with Crippen molar-refractivity contribution in [3.8, 4) is 5.75 Å². The standard InChI is InChI=1S/C29H41NO4/c1-6-7-8-23-9-11-24(12-10-23)21-33-25-13-14-26(22(2)19-25)27-20-30(17-18-32-27)16-15-28(31)34-29(3,4)5/h9-14,19,27H,6-8,15-18,20-21H2,1-5H3. The Morgan fingerprint density at radius 1 is 1.12 bits per heavy atom. The van der Waals surface area contributed by atoms with Crippen molar-refractivity contribution in [3.63, 3.8) is 0 Å². The molecular formula is C29H41NO4. The average Bonchev–Trinajstić information content (AvgIpc) is 2.80. The highest BCUT2D eigenvalue weighted by molar-refractivity contribution is 5.70. The van der Waals surface area contributed by atoms with Gasteiger partial charge in [-0.25, -0.2) is 0 Å². The maximum atomic E-state index is 12.1. The van der Waals surface area contributed by atoms with Crippen LogP contribution in [-0.2, 0) is 27.3 Å². The van der Waals surface area contributed by atoms with Crippen LogP contribution >= 0.6 is 0 Å². The van der Waals surface area contributed by atoms with E-state index >= 15 is 0 Å². The van der Waals surface area contributed by atoms with E-state index in [0.29, 0.717) is 26.2 Å². The Hall–Kier alpha value is -2.37. The first-order chi connectivity index (χ1) is 16.2. The van der Waals surface area contributed by atoms with Crippen LogP contribution in [0.4, 0.5) is 0 Å². The number of unbranched alkanes of at least 4 members (excludes halogenated alkanes) is 1. The topological polar surface area (TPSA) is 48.0 Å². The molecule has 0 bridgehead atoms. The van der Waals surface area contributed by atoms with Crippen molar-refractivity contribution in [1.82, 2.24) is 4.90 Å². The molecule has 1 unspecified atom stereocenters. The molecule has 1 aliphatic rings. The molecule has 0 saturated carbocycles. The zero-order chi connectivity index (χ0) is 24.6. The Morgan fingerprint density at radius 3 is 2.53 bits per heavy atom. The lowest BCUT2D eigenvalue weighted by Gasteiger charge is -2.33. The second kappa shape index (κ2) is 12.4. The molecule has 0 N–H and O–H groups in total. The van der Waals surface area contributed by atoms with Gasteiger partial charge in [0.05, 0.1) is 19.1 Å². The molecule has 0 radical (unpaired) electrons. The van der Waals surface area contributed by atoms with Crippen LogP contribution in [0.15, 0.2) is 42.5 Å². The van der Waals surface area contributed by atoms with Crippen molar-refractivity contribution >= 4 is 5.97 Å². The number of rotatable bonds is 10. The summed E-state index contributed by atoms with van der Waals surface area (Å²) in [4.78, 5) is 14.4. The largest absolute Gasteiger partial charge is 0.489 e. The fourth-order valence-corrected chi connectivity index (χ4v) is 4.18. The van der Waals surface area contributed by atoms with Crippen LogP contribution in [0.25, 0.3) is 0 Å². The summed E-state index contributed by atoms with van der Waals surface area (Å²) in [6.07, 6.45) is 3.98. The monoisotopic (exact) mass is 467 g/mol. The van der Waals surface area contributed by atoms with Crippen molar-refractivity contribution in [1.29, 1.82) is 0 Å². The number of nitrogens with zero attached hydrogens (tertiary/aromatic N) is 1. The van der Waals surface area contributed by atoms with Crippen LogP contribution in [0.2, 0.25) is 0 Å². The van der Waals surface area contributed by atoms with E-state index in [1.165, 1.54) is 29.5 Å². The molecule has 2 aromatic rings. The lowest BCUT2D eigenvalue weighted by atomic mass is 10.0. The second-order valence-electron chi connectivity index (χ2n) is 10.2. The molecule has 1 heterocycles. The molecule has 2 aromatic carbocycles. The lowest BCUT2D eigenvalue weighted by Crippen LogP contribution is -2.40. The van der Waals surface area contributed by atoms with Gasteiger partial charge >= 0.3 is 5.97 Å². The zero-order valence-electron chi connectivity index (χ0n) is 21.6. The van der Waals surface area contributed by atoms with Crippen molar-refractivity contribution < 1.29 is 19.0 Å². The van der Waals surface area contributed by atoms with Crippen molar-refractivity contribution in [2.75, 3.05) is 26.2 Å². The van der Waals surface area contributed by atoms with Gasteiger partial charge < -0.3 is 14.2 Å². The summed E-state index contributed by atoms with van der Waals surface area (Å²) in [6.45, 7) is 13.5. The smallest absolute Gasteiger partial charge is 0.307 e. The van der Waals surface area contributed by atoms with Gasteiger partial charge in [-0.1, -0.05) is 43.7 Å². The SMILES string of the molecule is CCCCc1ccc(COc2ccc(C3CN(CCC(=O)OC(C)(C)C)CCO3)c(C)c2)cc1. The minimum atomic E-state index is -0.441. The predicted molar refractivity (Wildman–Crippen MR) is 136 cm³/mol. The minimum absolute atomic E-state index is 0.00268. The van der Waals surface area contributed by atoms with Crippen LogP contribution < -0.4 is 4.74 Å². The van der Waals surface area contributed by atoms with Gasteiger partial charge in [-0.3, -0.25) is 9.69 Å². The first-order valence-corrected chi connectivity index (χ1v) is 12.6. The molecule has 34 heavy (non-hydrogen) atoms. The normalized spacial score (nSPS) is 16.9. The zero-order valence-corrected chi connectivity index (χ0v) is 21.6. The number of morpholine rings is 1. The van der Waals surface area contributed by atoms with Gasteiger partial charge in [0.15, 0.2) is 0 Å². The van der Waals surface area contributed by atoms with Crippen molar-refractivity contribution in [2.24, 2.45) is 0 Å². The van der Waals surface area contributed by atoms with Crippen LogP contribution in [0.1, 0.15) is 75.3 Å². The molecule has 0 amide bonds.